The average Bonchev–Trinajstić information content (AvgIpc) is 2.92. The van der Waals surface area contributed by atoms with E-state index in [9.17, 15) is 4.79 Å². The second kappa shape index (κ2) is 5.53. The largest absolute Gasteiger partial charge is 0.382 e. The van der Waals surface area contributed by atoms with Crippen molar-refractivity contribution in [2.45, 2.75) is 25.8 Å². The van der Waals surface area contributed by atoms with Gasteiger partial charge >= 0.3 is 0 Å². The number of hydrogen-bond donors (Lipinski definition) is 3. The maximum atomic E-state index is 11.3. The predicted octanol–water partition coefficient (Wildman–Crippen LogP) is 0.720. The zero-order valence-electron chi connectivity index (χ0n) is 10.5. The van der Waals surface area contributed by atoms with E-state index in [1.54, 1.807) is 0 Å². The first-order valence-corrected chi connectivity index (χ1v) is 6.93. The van der Waals surface area contributed by atoms with E-state index in [0.29, 0.717) is 16.6 Å². The normalized spacial score (nSPS) is 20.2. The Kier molecular flexibility index (Phi) is 4.03. The molecular formula is C11H19N5OS. The molecular weight excluding hydrogens is 250 g/mol. The van der Waals surface area contributed by atoms with Crippen LogP contribution in [0.1, 0.15) is 30.1 Å². The Bertz CT molecular complexity index is 433. The van der Waals surface area contributed by atoms with Crippen LogP contribution in [0.4, 0.5) is 10.8 Å². The van der Waals surface area contributed by atoms with Crippen molar-refractivity contribution in [2.24, 2.45) is 5.73 Å². The maximum absolute atomic E-state index is 11.3. The van der Waals surface area contributed by atoms with Gasteiger partial charge in [-0.25, -0.2) is 0 Å². The molecule has 1 aromatic heterocycles. The quantitative estimate of drug-likeness (QED) is 0.732. The van der Waals surface area contributed by atoms with Crippen molar-refractivity contribution < 1.29 is 4.79 Å². The lowest BCUT2D eigenvalue weighted by atomic mass is 10.2. The minimum atomic E-state index is -0.525. The summed E-state index contributed by atoms with van der Waals surface area (Å²) in [6.45, 7) is 5.17. The lowest BCUT2D eigenvalue weighted by Gasteiger charge is -2.23. The van der Waals surface area contributed by atoms with Crippen LogP contribution in [0.3, 0.4) is 0 Å². The molecule has 1 saturated heterocycles. The molecule has 18 heavy (non-hydrogen) atoms. The predicted molar refractivity (Wildman–Crippen MR) is 73.8 cm³/mol. The number of aromatic nitrogens is 1. The molecule has 0 bridgehead atoms. The Labute approximate surface area is 110 Å². The van der Waals surface area contributed by atoms with E-state index in [1.165, 1.54) is 24.4 Å². The summed E-state index contributed by atoms with van der Waals surface area (Å²) in [6.07, 6.45) is 2.41. The van der Waals surface area contributed by atoms with Gasteiger partial charge in [-0.15, -0.1) is 0 Å². The van der Waals surface area contributed by atoms with Crippen LogP contribution >= 0.6 is 11.5 Å². The molecule has 0 spiro atoms. The van der Waals surface area contributed by atoms with Gasteiger partial charge in [0, 0.05) is 12.6 Å². The fourth-order valence-electron chi connectivity index (χ4n) is 2.41. The average molecular weight is 269 g/mol. The molecule has 1 aromatic rings. The molecule has 6 nitrogen and oxygen atoms in total. The van der Waals surface area contributed by atoms with Crippen molar-refractivity contribution in [1.29, 1.82) is 0 Å². The second-order valence-electron chi connectivity index (χ2n) is 4.44. The van der Waals surface area contributed by atoms with Gasteiger partial charge in [0.15, 0.2) is 5.82 Å². The number of likely N-dealkylation sites (tertiary alicyclic amines) is 1. The van der Waals surface area contributed by atoms with Crippen molar-refractivity contribution in [3.8, 4) is 0 Å². The summed E-state index contributed by atoms with van der Waals surface area (Å²) in [6, 6.07) is 0.513. The van der Waals surface area contributed by atoms with Crippen LogP contribution in [-0.2, 0) is 0 Å². The van der Waals surface area contributed by atoms with E-state index in [4.69, 9.17) is 11.5 Å². The number of hydrogen-bond acceptors (Lipinski definition) is 6. The Balaban J connectivity index is 2.00. The molecule has 1 fully saturated rings. The smallest absolute Gasteiger partial charge is 0.255 e. The van der Waals surface area contributed by atoms with E-state index in [-0.39, 0.29) is 5.82 Å². The van der Waals surface area contributed by atoms with Gasteiger partial charge in [0.2, 0.25) is 0 Å². The Morgan fingerprint density at radius 3 is 3.11 bits per heavy atom. The fraction of sp³-hybridized carbons (Fsp3) is 0.636. The van der Waals surface area contributed by atoms with Crippen LogP contribution < -0.4 is 16.8 Å². The van der Waals surface area contributed by atoms with Gasteiger partial charge in [-0.2, -0.15) is 4.37 Å². The summed E-state index contributed by atoms with van der Waals surface area (Å²) in [5, 5.41) is 3.94. The summed E-state index contributed by atoms with van der Waals surface area (Å²) >= 11 is 1.19. The van der Waals surface area contributed by atoms with E-state index < -0.39 is 5.91 Å². The third-order valence-electron chi connectivity index (χ3n) is 3.37. The first-order chi connectivity index (χ1) is 8.63. The minimum Gasteiger partial charge on any atom is -0.382 e. The zero-order chi connectivity index (χ0) is 13.1. The number of carbonyl (C=O) groups is 1. The topological polar surface area (TPSA) is 97.3 Å². The molecule has 0 aliphatic carbocycles. The van der Waals surface area contributed by atoms with Crippen LogP contribution in [0.2, 0.25) is 0 Å². The highest BCUT2D eigenvalue weighted by atomic mass is 32.1. The van der Waals surface area contributed by atoms with Crippen molar-refractivity contribution in [3.63, 3.8) is 0 Å². The number of carbonyl (C=O) groups excluding carboxylic acids is 1. The highest BCUT2D eigenvalue weighted by molar-refractivity contribution is 7.11. The number of nitrogen functional groups attached to an aromatic ring is 1. The van der Waals surface area contributed by atoms with Crippen LogP contribution in [0.5, 0.6) is 0 Å². The molecule has 2 heterocycles. The molecule has 1 aliphatic rings. The molecule has 1 atom stereocenters. The molecule has 0 saturated carbocycles. The molecule has 5 N–H and O–H groups in total. The molecule has 1 aliphatic heterocycles. The molecule has 7 heteroatoms. The van der Waals surface area contributed by atoms with Crippen LogP contribution in [0, 0.1) is 0 Å². The molecule has 1 amide bonds. The van der Waals surface area contributed by atoms with Crippen LogP contribution in [-0.4, -0.2) is 40.9 Å². The van der Waals surface area contributed by atoms with E-state index >= 15 is 0 Å². The summed E-state index contributed by atoms with van der Waals surface area (Å²) in [7, 11) is 0. The van der Waals surface area contributed by atoms with Crippen molar-refractivity contribution in [1.82, 2.24) is 9.27 Å². The highest BCUT2D eigenvalue weighted by Gasteiger charge is 2.24. The summed E-state index contributed by atoms with van der Waals surface area (Å²) in [5.74, 6) is -0.309. The van der Waals surface area contributed by atoms with Gasteiger partial charge in [-0.05, 0) is 37.5 Å². The number of nitrogens with zero attached hydrogens (tertiary/aromatic N) is 2. The molecule has 1 unspecified atom stereocenters. The van der Waals surface area contributed by atoms with Crippen LogP contribution in [0.25, 0.3) is 0 Å². The number of anilines is 2. The number of amides is 1. The van der Waals surface area contributed by atoms with E-state index in [0.717, 1.165) is 19.6 Å². The molecule has 0 aromatic carbocycles. The van der Waals surface area contributed by atoms with E-state index in [2.05, 4.69) is 21.5 Å². The number of rotatable bonds is 5. The highest BCUT2D eigenvalue weighted by Crippen LogP contribution is 2.27. The van der Waals surface area contributed by atoms with Gasteiger partial charge in [0.25, 0.3) is 5.91 Å². The third-order valence-corrected chi connectivity index (χ3v) is 4.19. The standard InChI is InChI=1S/C11H19N5OS/c1-2-16-5-3-4-7(16)6-14-11-8(10(13)17)9(12)15-18-11/h7,14H,2-6H2,1H3,(H2,12,15)(H2,13,17). The number of nitrogens with two attached hydrogens (primary N) is 2. The number of nitrogens with one attached hydrogen (secondary N) is 1. The minimum absolute atomic E-state index is 0.216. The number of likely N-dealkylation sites (N-methyl/N-ethyl adjacent to an activating group) is 1. The van der Waals surface area contributed by atoms with Gasteiger partial charge in [-0.1, -0.05) is 6.92 Å². The second-order valence-corrected chi connectivity index (χ2v) is 5.22. The summed E-state index contributed by atoms with van der Waals surface area (Å²) in [4.78, 5) is 13.7. The Morgan fingerprint density at radius 2 is 2.44 bits per heavy atom. The van der Waals surface area contributed by atoms with E-state index in [1.807, 2.05) is 0 Å². The molecule has 100 valence electrons. The Hall–Kier alpha value is -1.34. The Morgan fingerprint density at radius 1 is 1.67 bits per heavy atom. The first-order valence-electron chi connectivity index (χ1n) is 6.16. The van der Waals surface area contributed by atoms with Crippen molar-refractivity contribution in [2.75, 3.05) is 30.7 Å². The first kappa shape index (κ1) is 13.1. The third kappa shape index (κ3) is 2.56. The van der Waals surface area contributed by atoms with Crippen molar-refractivity contribution >= 4 is 28.3 Å². The number of primary amides is 1. The monoisotopic (exact) mass is 269 g/mol. The zero-order valence-corrected chi connectivity index (χ0v) is 11.3. The van der Waals surface area contributed by atoms with Gasteiger partial charge in [-0.3, -0.25) is 9.69 Å². The molecule has 0 radical (unpaired) electrons. The fourth-order valence-corrected chi connectivity index (χ4v) is 3.14. The van der Waals surface area contributed by atoms with Gasteiger partial charge in [0.05, 0.1) is 0 Å². The summed E-state index contributed by atoms with van der Waals surface area (Å²) in [5.41, 5.74) is 11.2. The lowest BCUT2D eigenvalue weighted by Crippen LogP contribution is -2.34. The maximum Gasteiger partial charge on any atom is 0.255 e. The SMILES string of the molecule is CCN1CCCC1CNc1snc(N)c1C(N)=O. The lowest BCUT2D eigenvalue weighted by molar-refractivity contribution is 0.100. The van der Waals surface area contributed by atoms with Crippen LogP contribution in [0.15, 0.2) is 0 Å². The summed E-state index contributed by atoms with van der Waals surface area (Å²) < 4.78 is 3.96. The van der Waals surface area contributed by atoms with Gasteiger partial charge < -0.3 is 16.8 Å². The van der Waals surface area contributed by atoms with Crippen molar-refractivity contribution in [3.05, 3.63) is 5.56 Å². The van der Waals surface area contributed by atoms with Gasteiger partial charge in [0.1, 0.15) is 10.6 Å². The molecule has 2 rings (SSSR count).